The van der Waals surface area contributed by atoms with Gasteiger partial charge < -0.3 is 30.4 Å². The number of benzene rings is 2. The van der Waals surface area contributed by atoms with Crippen molar-refractivity contribution in [2.24, 2.45) is 5.73 Å². The van der Waals surface area contributed by atoms with Crippen molar-refractivity contribution in [1.82, 2.24) is 9.47 Å². The topological polar surface area (TPSA) is 127 Å². The molecule has 0 fully saturated rings. The largest absolute Gasteiger partial charge is 0.482 e. The molecule has 3 aromatic rings. The molecule has 2 heterocycles. The van der Waals surface area contributed by atoms with E-state index in [2.05, 4.69) is 5.32 Å². The van der Waals surface area contributed by atoms with E-state index in [4.69, 9.17) is 27.2 Å². The Labute approximate surface area is 194 Å². The molecule has 0 saturated heterocycles. The number of aromatic nitrogens is 1. The van der Waals surface area contributed by atoms with Crippen LogP contribution in [-0.2, 0) is 17.9 Å². The third-order valence-electron chi connectivity index (χ3n) is 5.29. The number of carboxylic acid groups (broad SMARTS) is 1. The fourth-order valence-electron chi connectivity index (χ4n) is 3.81. The normalized spacial score (nSPS) is 12.7. The number of aliphatic carboxylic acids is 1. The molecular formula is C23H21ClN4O5. The summed E-state index contributed by atoms with van der Waals surface area (Å²) < 4.78 is 7.03. The maximum absolute atomic E-state index is 12.9. The predicted molar refractivity (Wildman–Crippen MR) is 122 cm³/mol. The van der Waals surface area contributed by atoms with E-state index in [0.29, 0.717) is 35.9 Å². The average Bonchev–Trinajstić information content (AvgIpc) is 3.10. The second-order valence-corrected chi connectivity index (χ2v) is 7.80. The van der Waals surface area contributed by atoms with Crippen LogP contribution < -0.4 is 15.8 Å². The molecular weight excluding hydrogens is 448 g/mol. The first-order valence-corrected chi connectivity index (χ1v) is 10.5. The van der Waals surface area contributed by atoms with Gasteiger partial charge in [0.25, 0.3) is 5.91 Å². The van der Waals surface area contributed by atoms with Gasteiger partial charge in [-0.15, -0.1) is 0 Å². The fourth-order valence-corrected chi connectivity index (χ4v) is 4.22. The van der Waals surface area contributed by atoms with Crippen molar-refractivity contribution < 1.29 is 24.2 Å². The van der Waals surface area contributed by atoms with Gasteiger partial charge in [0.1, 0.15) is 5.75 Å². The highest BCUT2D eigenvalue weighted by Crippen LogP contribution is 2.37. The van der Waals surface area contributed by atoms with Crippen molar-refractivity contribution in [2.75, 3.05) is 18.5 Å². The Hall–Kier alpha value is -3.98. The summed E-state index contributed by atoms with van der Waals surface area (Å²) in [7, 11) is 0. The van der Waals surface area contributed by atoms with Crippen LogP contribution in [0.5, 0.6) is 5.75 Å². The van der Waals surface area contributed by atoms with E-state index in [1.807, 2.05) is 34.9 Å². The van der Waals surface area contributed by atoms with E-state index in [-0.39, 0.29) is 23.2 Å². The van der Waals surface area contributed by atoms with Crippen molar-refractivity contribution in [3.63, 3.8) is 0 Å². The number of nitrogens with one attached hydrogen (secondary N) is 1. The molecule has 9 nitrogen and oxygen atoms in total. The maximum atomic E-state index is 12.9. The number of nitrogens with zero attached hydrogens (tertiary/aromatic N) is 2. The summed E-state index contributed by atoms with van der Waals surface area (Å²) in [5.41, 5.74) is 8.51. The van der Waals surface area contributed by atoms with Gasteiger partial charge in [-0.25, -0.2) is 9.59 Å². The molecule has 0 bridgehead atoms. The minimum Gasteiger partial charge on any atom is -0.482 e. The third kappa shape index (κ3) is 4.63. The lowest BCUT2D eigenvalue weighted by molar-refractivity contribution is -0.139. The lowest BCUT2D eigenvalue weighted by Crippen LogP contribution is -2.41. The Kier molecular flexibility index (Phi) is 6.23. The molecule has 1 aliphatic rings. The van der Waals surface area contributed by atoms with Crippen molar-refractivity contribution in [1.29, 1.82) is 0 Å². The summed E-state index contributed by atoms with van der Waals surface area (Å²) in [5.74, 6) is -1.35. The highest BCUT2D eigenvalue weighted by molar-refractivity contribution is 6.36. The zero-order valence-electron chi connectivity index (χ0n) is 17.5. The number of carboxylic acids is 1. The Morgan fingerprint density at radius 1 is 1.06 bits per heavy atom. The molecule has 0 aliphatic carbocycles. The van der Waals surface area contributed by atoms with Gasteiger partial charge in [-0.3, -0.25) is 4.79 Å². The lowest BCUT2D eigenvalue weighted by atomic mass is 10.1. The highest BCUT2D eigenvalue weighted by Gasteiger charge is 2.31. The van der Waals surface area contributed by atoms with Crippen LogP contribution in [0.15, 0.2) is 54.6 Å². The van der Waals surface area contributed by atoms with Gasteiger partial charge in [-0.1, -0.05) is 41.9 Å². The Bertz CT molecular complexity index is 1210. The number of rotatable bonds is 6. The minimum absolute atomic E-state index is 0.163. The molecule has 0 atom stereocenters. The molecule has 170 valence electrons. The van der Waals surface area contributed by atoms with E-state index in [1.165, 1.54) is 0 Å². The first-order chi connectivity index (χ1) is 15.8. The van der Waals surface area contributed by atoms with Gasteiger partial charge in [0.15, 0.2) is 6.61 Å². The third-order valence-corrected chi connectivity index (χ3v) is 5.66. The van der Waals surface area contributed by atoms with Crippen molar-refractivity contribution in [2.45, 2.75) is 13.1 Å². The Morgan fingerprint density at radius 3 is 2.39 bits per heavy atom. The van der Waals surface area contributed by atoms with Crippen LogP contribution in [0.1, 0.15) is 16.1 Å². The molecule has 1 aliphatic heterocycles. The van der Waals surface area contributed by atoms with Crippen LogP contribution in [0.25, 0.3) is 11.3 Å². The number of anilines is 1. The summed E-state index contributed by atoms with van der Waals surface area (Å²) >= 11 is 6.58. The number of carbonyl (C=O) groups is 3. The second kappa shape index (κ2) is 9.25. The van der Waals surface area contributed by atoms with Gasteiger partial charge in [0.2, 0.25) is 0 Å². The molecule has 2 aromatic carbocycles. The predicted octanol–water partition coefficient (Wildman–Crippen LogP) is 3.42. The second-order valence-electron chi connectivity index (χ2n) is 7.42. The monoisotopic (exact) mass is 468 g/mol. The molecule has 33 heavy (non-hydrogen) atoms. The lowest BCUT2D eigenvalue weighted by Gasteiger charge is -2.30. The first-order valence-electron chi connectivity index (χ1n) is 10.1. The van der Waals surface area contributed by atoms with Gasteiger partial charge in [0.05, 0.1) is 28.5 Å². The van der Waals surface area contributed by atoms with Crippen LogP contribution >= 0.6 is 11.6 Å². The number of ether oxygens (including phenoxy) is 1. The molecule has 0 unspecified atom stereocenters. The quantitative estimate of drug-likeness (QED) is 0.511. The summed E-state index contributed by atoms with van der Waals surface area (Å²) in [5, 5.41) is 11.7. The van der Waals surface area contributed by atoms with E-state index in [0.717, 1.165) is 5.56 Å². The molecule has 3 amide bonds. The van der Waals surface area contributed by atoms with Gasteiger partial charge >= 0.3 is 12.0 Å². The Balaban J connectivity index is 1.53. The summed E-state index contributed by atoms with van der Waals surface area (Å²) in [6.07, 6.45) is 0. The smallest absolute Gasteiger partial charge is 0.341 e. The summed E-state index contributed by atoms with van der Waals surface area (Å²) in [6.45, 7) is 0.564. The molecule has 4 rings (SSSR count). The Morgan fingerprint density at radius 2 is 1.76 bits per heavy atom. The van der Waals surface area contributed by atoms with Crippen LogP contribution in [0.2, 0.25) is 5.02 Å². The molecule has 0 spiro atoms. The first kappa shape index (κ1) is 22.2. The number of amides is 3. The zero-order valence-corrected chi connectivity index (χ0v) is 18.2. The fraction of sp³-hybridized carbons (Fsp3) is 0.174. The van der Waals surface area contributed by atoms with Gasteiger partial charge in [0, 0.05) is 18.8 Å². The maximum Gasteiger partial charge on any atom is 0.341 e. The summed E-state index contributed by atoms with van der Waals surface area (Å²) in [4.78, 5) is 37.2. The number of hydrogen-bond donors (Lipinski definition) is 3. The van der Waals surface area contributed by atoms with Crippen LogP contribution in [-0.4, -0.2) is 45.6 Å². The average molecular weight is 469 g/mol. The number of hydrogen-bond acceptors (Lipinski definition) is 4. The zero-order chi connectivity index (χ0) is 23.5. The molecule has 0 saturated carbocycles. The summed E-state index contributed by atoms with van der Waals surface area (Å²) in [6, 6.07) is 15.5. The van der Waals surface area contributed by atoms with Crippen molar-refractivity contribution in [3.8, 4) is 17.0 Å². The highest BCUT2D eigenvalue weighted by atomic mass is 35.5. The van der Waals surface area contributed by atoms with Crippen LogP contribution in [0.3, 0.4) is 0 Å². The van der Waals surface area contributed by atoms with Crippen molar-refractivity contribution >= 4 is 35.2 Å². The number of primary amides is 1. The standard InChI is InChI=1S/C23H21ClN4O5/c24-20-19(22(25)31)17-12-27(10-11-28(17)21(20)14-4-2-1-3-5-14)23(32)26-15-6-8-16(9-7-15)33-13-18(29)30/h1-9H,10-13H2,(H2,25,31)(H,26,32)(H,29,30). The minimum atomic E-state index is -1.08. The molecule has 4 N–H and O–H groups in total. The number of fused-ring (bicyclic) bond motifs is 1. The van der Waals surface area contributed by atoms with Crippen LogP contribution in [0.4, 0.5) is 10.5 Å². The SMILES string of the molecule is NC(=O)c1c(Cl)c(-c2ccccc2)n2c1CN(C(=O)Nc1ccc(OCC(=O)O)cc1)CC2. The van der Waals surface area contributed by atoms with Gasteiger partial charge in [-0.05, 0) is 29.8 Å². The van der Waals surface area contributed by atoms with E-state index >= 15 is 0 Å². The number of halogens is 1. The van der Waals surface area contributed by atoms with Crippen LogP contribution in [0, 0.1) is 0 Å². The number of urea groups is 1. The van der Waals surface area contributed by atoms with E-state index in [1.54, 1.807) is 29.2 Å². The molecule has 1 aromatic heterocycles. The van der Waals surface area contributed by atoms with E-state index in [9.17, 15) is 14.4 Å². The molecule has 10 heteroatoms. The van der Waals surface area contributed by atoms with Crippen molar-refractivity contribution in [3.05, 3.63) is 70.9 Å². The van der Waals surface area contributed by atoms with Gasteiger partial charge in [-0.2, -0.15) is 0 Å². The molecule has 0 radical (unpaired) electrons. The van der Waals surface area contributed by atoms with E-state index < -0.39 is 18.5 Å². The number of nitrogens with two attached hydrogens (primary N) is 1. The number of carbonyl (C=O) groups excluding carboxylic acids is 2.